The van der Waals surface area contributed by atoms with E-state index in [0.29, 0.717) is 17.0 Å². The maximum Gasteiger partial charge on any atom is 0.418 e. The SMILES string of the molecule is O=C(O)CCc1ccc(-c2ccc(F)cc2)n1CC(=O)Nc1ccccc1C(F)(F)F. The predicted octanol–water partition coefficient (Wildman–Crippen LogP) is 4.97. The normalized spacial score (nSPS) is 11.4. The van der Waals surface area contributed by atoms with E-state index in [1.54, 1.807) is 12.1 Å². The standard InChI is InChI=1S/C22H18F4N2O3/c23-15-7-5-14(6-8-15)19-11-9-16(10-12-21(30)31)28(19)13-20(29)27-18-4-2-1-3-17(18)22(24,25)26/h1-9,11H,10,12-13H2,(H,27,29)(H,30,31). The largest absolute Gasteiger partial charge is 0.481 e. The van der Waals surface area contributed by atoms with E-state index in [4.69, 9.17) is 5.11 Å². The lowest BCUT2D eigenvalue weighted by molar-refractivity contribution is -0.137. The van der Waals surface area contributed by atoms with Crippen molar-refractivity contribution in [2.75, 3.05) is 5.32 Å². The highest BCUT2D eigenvalue weighted by Crippen LogP contribution is 2.34. The minimum Gasteiger partial charge on any atom is -0.481 e. The molecular weight excluding hydrogens is 416 g/mol. The molecule has 0 spiro atoms. The summed E-state index contributed by atoms with van der Waals surface area (Å²) < 4.78 is 54.4. The predicted molar refractivity (Wildman–Crippen MR) is 106 cm³/mol. The molecule has 0 bridgehead atoms. The number of amides is 1. The number of carbonyl (C=O) groups excluding carboxylic acids is 1. The number of carboxylic acids is 1. The van der Waals surface area contributed by atoms with E-state index in [1.807, 2.05) is 0 Å². The number of nitrogens with zero attached hydrogens (tertiary/aromatic N) is 1. The van der Waals surface area contributed by atoms with Crippen LogP contribution in [0.1, 0.15) is 17.7 Å². The van der Waals surface area contributed by atoms with Crippen LogP contribution in [-0.2, 0) is 28.7 Å². The molecule has 1 amide bonds. The number of aromatic nitrogens is 1. The number of hydrogen-bond donors (Lipinski definition) is 2. The Balaban J connectivity index is 1.90. The van der Waals surface area contributed by atoms with Crippen LogP contribution < -0.4 is 5.32 Å². The van der Waals surface area contributed by atoms with Crippen LogP contribution in [0.15, 0.2) is 60.7 Å². The Bertz CT molecular complexity index is 1090. The smallest absolute Gasteiger partial charge is 0.418 e. The number of aliphatic carboxylic acids is 1. The molecule has 0 aliphatic heterocycles. The number of carboxylic acid groups (broad SMARTS) is 1. The first kappa shape index (κ1) is 22.1. The van der Waals surface area contributed by atoms with Crippen LogP contribution >= 0.6 is 0 Å². The van der Waals surface area contributed by atoms with Crippen LogP contribution in [0.25, 0.3) is 11.3 Å². The van der Waals surface area contributed by atoms with Gasteiger partial charge in [-0.05, 0) is 60.5 Å². The zero-order valence-electron chi connectivity index (χ0n) is 16.1. The lowest BCUT2D eigenvalue weighted by Crippen LogP contribution is -2.22. The number of anilines is 1. The molecule has 3 aromatic rings. The summed E-state index contributed by atoms with van der Waals surface area (Å²) in [6, 6.07) is 13.4. The minimum absolute atomic E-state index is 0.114. The first-order chi connectivity index (χ1) is 14.6. The number of para-hydroxylation sites is 1. The van der Waals surface area contributed by atoms with Crippen molar-refractivity contribution in [1.29, 1.82) is 0 Å². The fourth-order valence-corrected chi connectivity index (χ4v) is 3.20. The maximum absolute atomic E-state index is 13.3. The van der Waals surface area contributed by atoms with Gasteiger partial charge in [-0.25, -0.2) is 4.39 Å². The summed E-state index contributed by atoms with van der Waals surface area (Å²) in [5.41, 5.74) is 0.260. The Morgan fingerprint density at radius 2 is 1.65 bits per heavy atom. The number of hydrogen-bond acceptors (Lipinski definition) is 2. The molecule has 9 heteroatoms. The molecule has 5 nitrogen and oxygen atoms in total. The summed E-state index contributed by atoms with van der Waals surface area (Å²) in [6.07, 6.45) is -4.71. The van der Waals surface area contributed by atoms with Gasteiger partial charge in [-0.1, -0.05) is 12.1 Å². The summed E-state index contributed by atoms with van der Waals surface area (Å²) in [4.78, 5) is 23.6. The Hall–Kier alpha value is -3.62. The molecule has 0 aliphatic rings. The van der Waals surface area contributed by atoms with E-state index < -0.39 is 29.4 Å². The van der Waals surface area contributed by atoms with E-state index in [-0.39, 0.29) is 25.1 Å². The molecule has 0 radical (unpaired) electrons. The van der Waals surface area contributed by atoms with E-state index >= 15 is 0 Å². The van der Waals surface area contributed by atoms with Gasteiger partial charge < -0.3 is 15.0 Å². The second-order valence-electron chi connectivity index (χ2n) is 6.79. The van der Waals surface area contributed by atoms with Crippen molar-refractivity contribution in [3.8, 4) is 11.3 Å². The van der Waals surface area contributed by atoms with E-state index in [2.05, 4.69) is 5.32 Å². The molecule has 0 aliphatic carbocycles. The molecular formula is C22H18F4N2O3. The summed E-state index contributed by atoms with van der Waals surface area (Å²) in [5, 5.41) is 11.2. The minimum atomic E-state index is -4.64. The van der Waals surface area contributed by atoms with Gasteiger partial charge in [-0.15, -0.1) is 0 Å². The quantitative estimate of drug-likeness (QED) is 0.516. The van der Waals surface area contributed by atoms with Gasteiger partial charge >= 0.3 is 12.1 Å². The van der Waals surface area contributed by atoms with Gasteiger partial charge in [0.1, 0.15) is 12.4 Å². The fraction of sp³-hybridized carbons (Fsp3) is 0.182. The molecule has 3 rings (SSSR count). The fourth-order valence-electron chi connectivity index (χ4n) is 3.20. The maximum atomic E-state index is 13.3. The molecule has 2 N–H and O–H groups in total. The van der Waals surface area contributed by atoms with Crippen molar-refractivity contribution in [3.63, 3.8) is 0 Å². The number of carbonyl (C=O) groups is 2. The van der Waals surface area contributed by atoms with Gasteiger partial charge in [0.05, 0.1) is 17.7 Å². The van der Waals surface area contributed by atoms with Gasteiger partial charge in [0, 0.05) is 11.4 Å². The zero-order valence-corrected chi connectivity index (χ0v) is 16.1. The number of halogens is 4. The van der Waals surface area contributed by atoms with Gasteiger partial charge in [-0.3, -0.25) is 9.59 Å². The van der Waals surface area contributed by atoms with Crippen LogP contribution in [0.2, 0.25) is 0 Å². The summed E-state index contributed by atoms with van der Waals surface area (Å²) in [5.74, 6) is -2.19. The van der Waals surface area contributed by atoms with Crippen molar-refractivity contribution in [1.82, 2.24) is 4.57 Å². The van der Waals surface area contributed by atoms with Crippen molar-refractivity contribution in [2.45, 2.75) is 25.6 Å². The molecule has 0 unspecified atom stereocenters. The Kier molecular flexibility index (Phi) is 6.43. The molecule has 162 valence electrons. The third-order valence-corrected chi connectivity index (χ3v) is 4.61. The molecule has 31 heavy (non-hydrogen) atoms. The Labute approximate surface area is 174 Å². The topological polar surface area (TPSA) is 71.3 Å². The van der Waals surface area contributed by atoms with Crippen molar-refractivity contribution in [3.05, 3.63) is 77.7 Å². The zero-order chi connectivity index (χ0) is 22.6. The second-order valence-corrected chi connectivity index (χ2v) is 6.79. The van der Waals surface area contributed by atoms with Crippen molar-refractivity contribution in [2.24, 2.45) is 0 Å². The van der Waals surface area contributed by atoms with Crippen LogP contribution in [0, 0.1) is 5.82 Å². The number of nitrogens with one attached hydrogen (secondary N) is 1. The highest BCUT2D eigenvalue weighted by Gasteiger charge is 2.33. The average molecular weight is 434 g/mol. The number of benzene rings is 2. The second kappa shape index (κ2) is 9.03. The first-order valence-electron chi connectivity index (χ1n) is 9.27. The van der Waals surface area contributed by atoms with E-state index in [0.717, 1.165) is 12.1 Å². The van der Waals surface area contributed by atoms with Gasteiger partial charge in [0.2, 0.25) is 5.91 Å². The van der Waals surface area contributed by atoms with E-state index in [1.165, 1.54) is 41.0 Å². The summed E-state index contributed by atoms with van der Waals surface area (Å²) in [7, 11) is 0. The van der Waals surface area contributed by atoms with Gasteiger partial charge in [-0.2, -0.15) is 13.2 Å². The molecule has 0 fully saturated rings. The third kappa shape index (κ3) is 5.50. The summed E-state index contributed by atoms with van der Waals surface area (Å²) in [6.45, 7) is -0.346. The van der Waals surface area contributed by atoms with Gasteiger partial charge in [0.25, 0.3) is 0 Å². The monoisotopic (exact) mass is 434 g/mol. The lowest BCUT2D eigenvalue weighted by Gasteiger charge is -2.16. The molecule has 1 heterocycles. The van der Waals surface area contributed by atoms with E-state index in [9.17, 15) is 27.2 Å². The number of aryl methyl sites for hydroxylation is 1. The van der Waals surface area contributed by atoms with Gasteiger partial charge in [0.15, 0.2) is 0 Å². The molecule has 0 saturated heterocycles. The van der Waals surface area contributed by atoms with Crippen molar-refractivity contribution < 1.29 is 32.3 Å². The number of rotatable bonds is 7. The lowest BCUT2D eigenvalue weighted by atomic mass is 10.1. The van der Waals surface area contributed by atoms with Crippen molar-refractivity contribution >= 4 is 17.6 Å². The molecule has 0 atom stereocenters. The Morgan fingerprint density at radius 1 is 0.968 bits per heavy atom. The Morgan fingerprint density at radius 3 is 2.29 bits per heavy atom. The van der Waals surface area contributed by atoms with Crippen LogP contribution in [0.5, 0.6) is 0 Å². The highest BCUT2D eigenvalue weighted by atomic mass is 19.4. The average Bonchev–Trinajstić information content (AvgIpc) is 3.09. The van der Waals surface area contributed by atoms with Crippen LogP contribution in [0.3, 0.4) is 0 Å². The summed E-state index contributed by atoms with van der Waals surface area (Å²) >= 11 is 0. The molecule has 1 aromatic heterocycles. The first-order valence-corrected chi connectivity index (χ1v) is 9.27. The molecule has 0 saturated carbocycles. The molecule has 2 aromatic carbocycles. The van der Waals surface area contributed by atoms with Crippen LogP contribution in [0.4, 0.5) is 23.2 Å². The van der Waals surface area contributed by atoms with Crippen LogP contribution in [-0.4, -0.2) is 21.6 Å². The highest BCUT2D eigenvalue weighted by molar-refractivity contribution is 5.92. The third-order valence-electron chi connectivity index (χ3n) is 4.61. The number of alkyl halides is 3.